The quantitative estimate of drug-likeness (QED) is 0.557. The molecule has 0 aliphatic heterocycles. The maximum atomic E-state index is 12.4. The van der Waals surface area contributed by atoms with Crippen LogP contribution in [0.3, 0.4) is 0 Å². The first kappa shape index (κ1) is 11.8. The third kappa shape index (κ3) is 1.97. The van der Waals surface area contributed by atoms with E-state index < -0.39 is 0 Å². The van der Waals surface area contributed by atoms with E-state index in [0.717, 1.165) is 11.3 Å². The summed E-state index contributed by atoms with van der Waals surface area (Å²) in [4.78, 5) is 16.8. The number of imidazole rings is 1. The number of nitrogens with zero attached hydrogens (tertiary/aromatic N) is 5. The molecule has 0 amide bonds. The van der Waals surface area contributed by atoms with Crippen LogP contribution < -0.4 is 5.56 Å². The van der Waals surface area contributed by atoms with Crippen molar-refractivity contribution in [1.29, 1.82) is 0 Å². The molecule has 0 atom stereocenters. The number of aromatic nitrogens is 5. The van der Waals surface area contributed by atoms with Gasteiger partial charge in [0.25, 0.3) is 5.56 Å². The SMILES string of the molecule is O=c1c2ccccc2nnn1Cc1cn2ccccc2n1. The van der Waals surface area contributed by atoms with E-state index in [9.17, 15) is 4.79 Å². The first-order valence-electron chi connectivity index (χ1n) is 6.56. The average molecular weight is 277 g/mol. The number of hydrogen-bond donors (Lipinski definition) is 0. The van der Waals surface area contributed by atoms with E-state index in [0.29, 0.717) is 17.4 Å². The van der Waals surface area contributed by atoms with Crippen molar-refractivity contribution < 1.29 is 0 Å². The Morgan fingerprint density at radius 1 is 1.05 bits per heavy atom. The van der Waals surface area contributed by atoms with E-state index in [1.165, 1.54) is 4.68 Å². The van der Waals surface area contributed by atoms with Crippen LogP contribution in [0.5, 0.6) is 0 Å². The van der Waals surface area contributed by atoms with Gasteiger partial charge in [0.15, 0.2) is 0 Å². The van der Waals surface area contributed by atoms with Crippen LogP contribution in [-0.4, -0.2) is 24.4 Å². The van der Waals surface area contributed by atoms with Gasteiger partial charge in [0.1, 0.15) is 11.2 Å². The summed E-state index contributed by atoms with van der Waals surface area (Å²) in [6.07, 6.45) is 3.80. The van der Waals surface area contributed by atoms with Crippen molar-refractivity contribution >= 4 is 16.6 Å². The minimum Gasteiger partial charge on any atom is -0.307 e. The molecule has 0 aliphatic rings. The second-order valence-electron chi connectivity index (χ2n) is 4.77. The van der Waals surface area contributed by atoms with Gasteiger partial charge >= 0.3 is 0 Å². The van der Waals surface area contributed by atoms with Crippen molar-refractivity contribution in [2.45, 2.75) is 6.54 Å². The van der Waals surface area contributed by atoms with E-state index in [1.54, 1.807) is 12.1 Å². The van der Waals surface area contributed by atoms with Crippen LogP contribution in [-0.2, 0) is 6.54 Å². The first-order valence-corrected chi connectivity index (χ1v) is 6.56. The fraction of sp³-hybridized carbons (Fsp3) is 0.0667. The van der Waals surface area contributed by atoms with Gasteiger partial charge in [-0.2, -0.15) is 0 Å². The van der Waals surface area contributed by atoms with Crippen molar-refractivity contribution in [2.24, 2.45) is 0 Å². The second kappa shape index (κ2) is 4.52. The Balaban J connectivity index is 1.80. The molecule has 6 nitrogen and oxygen atoms in total. The molecule has 102 valence electrons. The predicted octanol–water partition coefficient (Wildman–Crippen LogP) is 1.49. The minimum atomic E-state index is -0.155. The summed E-state index contributed by atoms with van der Waals surface area (Å²) in [7, 11) is 0. The Bertz CT molecular complexity index is 968. The fourth-order valence-electron chi connectivity index (χ4n) is 2.34. The number of rotatable bonds is 2. The maximum Gasteiger partial charge on any atom is 0.277 e. The lowest BCUT2D eigenvalue weighted by Crippen LogP contribution is -2.24. The lowest BCUT2D eigenvalue weighted by Gasteiger charge is -2.02. The molecule has 0 bridgehead atoms. The summed E-state index contributed by atoms with van der Waals surface area (Å²) in [5.41, 5.74) is 2.06. The Kier molecular flexibility index (Phi) is 2.53. The van der Waals surface area contributed by atoms with E-state index in [2.05, 4.69) is 15.3 Å². The smallest absolute Gasteiger partial charge is 0.277 e. The molecule has 1 aromatic carbocycles. The molecule has 4 rings (SSSR count). The summed E-state index contributed by atoms with van der Waals surface area (Å²) < 4.78 is 3.25. The lowest BCUT2D eigenvalue weighted by molar-refractivity contribution is 0.594. The molecule has 0 aliphatic carbocycles. The Hall–Kier alpha value is -3.02. The van der Waals surface area contributed by atoms with Gasteiger partial charge in [0.2, 0.25) is 0 Å². The molecule has 6 heteroatoms. The second-order valence-corrected chi connectivity index (χ2v) is 4.77. The Morgan fingerprint density at radius 2 is 1.90 bits per heavy atom. The van der Waals surface area contributed by atoms with Crippen LogP contribution in [0.1, 0.15) is 5.69 Å². The average Bonchev–Trinajstić information content (AvgIpc) is 2.93. The lowest BCUT2D eigenvalue weighted by atomic mass is 10.2. The van der Waals surface area contributed by atoms with Gasteiger partial charge in [-0.3, -0.25) is 4.79 Å². The number of benzene rings is 1. The van der Waals surface area contributed by atoms with E-state index in [-0.39, 0.29) is 5.56 Å². The molecular formula is C15H11N5O. The highest BCUT2D eigenvalue weighted by molar-refractivity contribution is 5.76. The molecule has 4 aromatic rings. The molecule has 3 heterocycles. The van der Waals surface area contributed by atoms with Crippen molar-refractivity contribution in [3.05, 3.63) is 70.9 Å². The third-order valence-electron chi connectivity index (χ3n) is 3.35. The van der Waals surface area contributed by atoms with E-state index in [4.69, 9.17) is 0 Å². The van der Waals surface area contributed by atoms with Crippen molar-refractivity contribution in [1.82, 2.24) is 24.4 Å². The van der Waals surface area contributed by atoms with E-state index >= 15 is 0 Å². The van der Waals surface area contributed by atoms with Gasteiger partial charge in [-0.15, -0.1) is 5.10 Å². The van der Waals surface area contributed by atoms with Gasteiger partial charge in [-0.25, -0.2) is 9.67 Å². The highest BCUT2D eigenvalue weighted by atomic mass is 16.1. The van der Waals surface area contributed by atoms with Crippen molar-refractivity contribution in [2.75, 3.05) is 0 Å². The molecule has 0 fully saturated rings. The molecule has 0 radical (unpaired) electrons. The number of fused-ring (bicyclic) bond motifs is 2. The highest BCUT2D eigenvalue weighted by Crippen LogP contribution is 2.07. The summed E-state index contributed by atoms with van der Waals surface area (Å²) in [5.74, 6) is 0. The van der Waals surface area contributed by atoms with Crippen LogP contribution in [0.15, 0.2) is 59.7 Å². The molecular weight excluding hydrogens is 266 g/mol. The molecule has 0 saturated carbocycles. The Labute approximate surface area is 119 Å². The van der Waals surface area contributed by atoms with Crippen molar-refractivity contribution in [3.63, 3.8) is 0 Å². The van der Waals surface area contributed by atoms with Crippen molar-refractivity contribution in [3.8, 4) is 0 Å². The molecule has 0 N–H and O–H groups in total. The summed E-state index contributed by atoms with van der Waals surface area (Å²) >= 11 is 0. The summed E-state index contributed by atoms with van der Waals surface area (Å²) in [6.45, 7) is 0.304. The topological polar surface area (TPSA) is 65.1 Å². The molecule has 21 heavy (non-hydrogen) atoms. The minimum absolute atomic E-state index is 0.155. The zero-order chi connectivity index (χ0) is 14.2. The standard InChI is InChI=1S/C15H11N5O/c21-15-12-5-1-2-6-13(12)17-18-20(15)10-11-9-19-8-4-3-7-14(19)16-11/h1-9H,10H2. The number of pyridine rings is 1. The highest BCUT2D eigenvalue weighted by Gasteiger charge is 2.07. The molecule has 0 unspecified atom stereocenters. The first-order chi connectivity index (χ1) is 10.3. The molecule has 0 spiro atoms. The van der Waals surface area contributed by atoms with Crippen LogP contribution in [0.25, 0.3) is 16.6 Å². The predicted molar refractivity (Wildman–Crippen MR) is 78.1 cm³/mol. The fourth-order valence-corrected chi connectivity index (χ4v) is 2.34. The van der Waals surface area contributed by atoms with Crippen LogP contribution in [0.2, 0.25) is 0 Å². The van der Waals surface area contributed by atoms with Crippen LogP contribution in [0, 0.1) is 0 Å². The largest absolute Gasteiger partial charge is 0.307 e. The third-order valence-corrected chi connectivity index (χ3v) is 3.35. The summed E-state index contributed by atoms with van der Waals surface area (Å²) in [6, 6.07) is 13.0. The van der Waals surface area contributed by atoms with Gasteiger partial charge in [-0.1, -0.05) is 23.4 Å². The van der Waals surface area contributed by atoms with E-state index in [1.807, 2.05) is 47.1 Å². The van der Waals surface area contributed by atoms with Gasteiger partial charge in [-0.05, 0) is 24.3 Å². The molecule has 0 saturated heterocycles. The maximum absolute atomic E-state index is 12.4. The zero-order valence-corrected chi connectivity index (χ0v) is 11.0. The molecule has 3 aromatic heterocycles. The van der Waals surface area contributed by atoms with Gasteiger partial charge in [0.05, 0.1) is 17.6 Å². The van der Waals surface area contributed by atoms with Gasteiger partial charge < -0.3 is 4.40 Å². The monoisotopic (exact) mass is 277 g/mol. The van der Waals surface area contributed by atoms with Gasteiger partial charge in [0, 0.05) is 12.4 Å². The van der Waals surface area contributed by atoms with Crippen LogP contribution >= 0.6 is 0 Å². The summed E-state index contributed by atoms with van der Waals surface area (Å²) in [5, 5.41) is 8.61. The zero-order valence-electron chi connectivity index (χ0n) is 11.0. The Morgan fingerprint density at radius 3 is 2.81 bits per heavy atom. The number of hydrogen-bond acceptors (Lipinski definition) is 4. The van der Waals surface area contributed by atoms with Crippen LogP contribution in [0.4, 0.5) is 0 Å². The normalized spacial score (nSPS) is 11.2.